The summed E-state index contributed by atoms with van der Waals surface area (Å²) in [6.45, 7) is 1.79. The lowest BCUT2D eigenvalue weighted by molar-refractivity contribution is 0.0528. The molecule has 2 N–H and O–H groups in total. The molecule has 94 valence electrons. The van der Waals surface area contributed by atoms with Crippen LogP contribution in [0.4, 0.5) is 0 Å². The Balaban J connectivity index is 2.76. The molecule has 0 aliphatic rings. The molecule has 2 aromatic rings. The number of phenolic OH excluding ortho intramolecular Hbond substituents is 2. The highest BCUT2D eigenvalue weighted by Gasteiger charge is 2.16. The molecule has 6 nitrogen and oxygen atoms in total. The molecule has 2 rings (SSSR count). The predicted molar refractivity (Wildman–Crippen MR) is 61.8 cm³/mol. The average Bonchev–Trinajstić information content (AvgIpc) is 2.30. The van der Waals surface area contributed by atoms with Gasteiger partial charge in [0.1, 0.15) is 5.58 Å². The van der Waals surface area contributed by atoms with Crippen LogP contribution in [0.5, 0.6) is 11.5 Å². The number of hydrogen-bond donors (Lipinski definition) is 2. The number of phenols is 2. The van der Waals surface area contributed by atoms with Gasteiger partial charge in [0.05, 0.1) is 12.2 Å². The van der Waals surface area contributed by atoms with Gasteiger partial charge < -0.3 is 19.4 Å². The molecule has 1 aromatic heterocycles. The van der Waals surface area contributed by atoms with Crippen molar-refractivity contribution in [3.63, 3.8) is 0 Å². The van der Waals surface area contributed by atoms with E-state index in [2.05, 4.69) is 0 Å². The molecule has 18 heavy (non-hydrogen) atoms. The fourth-order valence-corrected chi connectivity index (χ4v) is 1.56. The van der Waals surface area contributed by atoms with Crippen molar-refractivity contribution in [2.24, 2.45) is 0 Å². The number of aromatic hydroxyl groups is 2. The molecule has 1 heterocycles. The molecule has 6 heteroatoms. The summed E-state index contributed by atoms with van der Waals surface area (Å²) < 4.78 is 9.63. The van der Waals surface area contributed by atoms with Gasteiger partial charge in [-0.3, -0.25) is 0 Å². The minimum absolute atomic E-state index is 0.000790. The predicted octanol–water partition coefficient (Wildman–Crippen LogP) is 1.38. The van der Waals surface area contributed by atoms with Crippen LogP contribution in [0.15, 0.2) is 27.4 Å². The van der Waals surface area contributed by atoms with E-state index in [1.807, 2.05) is 0 Å². The summed E-state index contributed by atoms with van der Waals surface area (Å²) in [5.41, 5.74) is -0.755. The van der Waals surface area contributed by atoms with Gasteiger partial charge in [-0.2, -0.15) is 0 Å². The molecule has 1 aromatic carbocycles. The molecule has 0 unspecified atom stereocenters. The third kappa shape index (κ3) is 2.00. The highest BCUT2D eigenvalue weighted by Crippen LogP contribution is 2.31. The van der Waals surface area contributed by atoms with Crippen LogP contribution in [0, 0.1) is 0 Å². The number of ether oxygens (including phenoxy) is 1. The molecule has 0 fully saturated rings. The normalized spacial score (nSPS) is 10.5. The molecule has 0 amide bonds. The van der Waals surface area contributed by atoms with E-state index >= 15 is 0 Å². The smallest absolute Gasteiger partial charge is 0.339 e. The van der Waals surface area contributed by atoms with Crippen LogP contribution in [0.3, 0.4) is 0 Å². The standard InChI is InChI=1S/C12H10O6/c1-2-17-12(16)7-4-11(15)18-10-5-9(14)8(13)3-6(7)10/h3-5,13-14H,2H2,1H3. The van der Waals surface area contributed by atoms with E-state index in [4.69, 9.17) is 9.15 Å². The summed E-state index contributed by atoms with van der Waals surface area (Å²) in [6, 6.07) is 3.19. The zero-order chi connectivity index (χ0) is 13.3. The van der Waals surface area contributed by atoms with Crippen molar-refractivity contribution in [3.8, 4) is 11.5 Å². The zero-order valence-corrected chi connectivity index (χ0v) is 9.47. The van der Waals surface area contributed by atoms with Crippen LogP contribution in [-0.2, 0) is 4.74 Å². The minimum Gasteiger partial charge on any atom is -0.504 e. The van der Waals surface area contributed by atoms with Gasteiger partial charge in [-0.15, -0.1) is 0 Å². The fraction of sp³-hybridized carbons (Fsp3) is 0.167. The third-order valence-electron chi connectivity index (χ3n) is 2.34. The van der Waals surface area contributed by atoms with E-state index in [0.29, 0.717) is 0 Å². The van der Waals surface area contributed by atoms with Crippen LogP contribution in [0.25, 0.3) is 11.0 Å². The number of benzene rings is 1. The Kier molecular flexibility index (Phi) is 2.93. The molecule has 0 aliphatic heterocycles. The third-order valence-corrected chi connectivity index (χ3v) is 2.34. The van der Waals surface area contributed by atoms with Gasteiger partial charge in [0.2, 0.25) is 0 Å². The first-order valence-electron chi connectivity index (χ1n) is 5.20. The van der Waals surface area contributed by atoms with Crippen molar-refractivity contribution < 1.29 is 24.2 Å². The molecular formula is C12H10O6. The van der Waals surface area contributed by atoms with Crippen LogP contribution in [0.1, 0.15) is 17.3 Å². The Labute approximate surface area is 101 Å². The van der Waals surface area contributed by atoms with Gasteiger partial charge in [0.15, 0.2) is 11.5 Å². The van der Waals surface area contributed by atoms with Gasteiger partial charge >= 0.3 is 11.6 Å². The summed E-state index contributed by atoms with van der Waals surface area (Å²) in [4.78, 5) is 23.0. The molecule has 0 bridgehead atoms. The van der Waals surface area contributed by atoms with Crippen molar-refractivity contribution in [2.75, 3.05) is 6.61 Å². The van der Waals surface area contributed by atoms with Gasteiger partial charge in [0, 0.05) is 17.5 Å². The largest absolute Gasteiger partial charge is 0.504 e. The highest BCUT2D eigenvalue weighted by molar-refractivity contribution is 6.03. The molecule has 0 saturated carbocycles. The Bertz CT molecular complexity index is 670. The van der Waals surface area contributed by atoms with E-state index in [-0.39, 0.29) is 23.1 Å². The number of fused-ring (bicyclic) bond motifs is 1. The quantitative estimate of drug-likeness (QED) is 0.474. The van der Waals surface area contributed by atoms with Gasteiger partial charge in [-0.05, 0) is 13.0 Å². The maximum absolute atomic E-state index is 11.7. The second-order valence-electron chi connectivity index (χ2n) is 3.54. The Morgan fingerprint density at radius 3 is 2.61 bits per heavy atom. The Morgan fingerprint density at radius 2 is 1.94 bits per heavy atom. The summed E-state index contributed by atoms with van der Waals surface area (Å²) >= 11 is 0. The first kappa shape index (κ1) is 12.0. The zero-order valence-electron chi connectivity index (χ0n) is 9.47. The molecule has 0 atom stereocenters. The van der Waals surface area contributed by atoms with E-state index in [1.54, 1.807) is 6.92 Å². The van der Waals surface area contributed by atoms with Crippen LogP contribution in [-0.4, -0.2) is 22.8 Å². The van der Waals surface area contributed by atoms with Crippen molar-refractivity contribution in [3.05, 3.63) is 34.2 Å². The van der Waals surface area contributed by atoms with Gasteiger partial charge in [0.25, 0.3) is 0 Å². The van der Waals surface area contributed by atoms with E-state index in [0.717, 1.165) is 18.2 Å². The van der Waals surface area contributed by atoms with Crippen molar-refractivity contribution in [1.82, 2.24) is 0 Å². The molecule has 0 aliphatic carbocycles. The number of carbonyl (C=O) groups excluding carboxylic acids is 1. The van der Waals surface area contributed by atoms with E-state index < -0.39 is 23.1 Å². The molecule has 0 saturated heterocycles. The first-order valence-corrected chi connectivity index (χ1v) is 5.20. The lowest BCUT2D eigenvalue weighted by atomic mass is 10.1. The van der Waals surface area contributed by atoms with Crippen LogP contribution >= 0.6 is 0 Å². The van der Waals surface area contributed by atoms with Crippen molar-refractivity contribution in [2.45, 2.75) is 6.92 Å². The Hall–Kier alpha value is -2.50. The molecule has 0 spiro atoms. The number of esters is 1. The monoisotopic (exact) mass is 250 g/mol. The summed E-state index contributed by atoms with van der Waals surface area (Å²) in [5.74, 6) is -1.55. The lowest BCUT2D eigenvalue weighted by Crippen LogP contribution is -2.09. The van der Waals surface area contributed by atoms with E-state index in [9.17, 15) is 19.8 Å². The van der Waals surface area contributed by atoms with Crippen LogP contribution in [0.2, 0.25) is 0 Å². The second-order valence-corrected chi connectivity index (χ2v) is 3.54. The lowest BCUT2D eigenvalue weighted by Gasteiger charge is -2.06. The summed E-state index contributed by atoms with van der Waals surface area (Å²) in [5, 5.41) is 18.9. The topological polar surface area (TPSA) is 97.0 Å². The van der Waals surface area contributed by atoms with Gasteiger partial charge in [-0.1, -0.05) is 0 Å². The maximum atomic E-state index is 11.7. The fourth-order valence-electron chi connectivity index (χ4n) is 1.56. The van der Waals surface area contributed by atoms with Gasteiger partial charge in [-0.25, -0.2) is 9.59 Å². The highest BCUT2D eigenvalue weighted by atomic mass is 16.5. The SMILES string of the molecule is CCOC(=O)c1cc(=O)oc2cc(O)c(O)cc12. The minimum atomic E-state index is -0.740. The number of hydrogen-bond acceptors (Lipinski definition) is 6. The van der Waals surface area contributed by atoms with E-state index in [1.165, 1.54) is 0 Å². The van der Waals surface area contributed by atoms with Crippen molar-refractivity contribution in [1.29, 1.82) is 0 Å². The molecule has 0 radical (unpaired) electrons. The molecular weight excluding hydrogens is 240 g/mol. The first-order chi connectivity index (χ1) is 8.52. The summed E-state index contributed by atoms with van der Waals surface area (Å²) in [6.07, 6.45) is 0. The maximum Gasteiger partial charge on any atom is 0.339 e. The number of rotatable bonds is 2. The number of carbonyl (C=O) groups is 1. The van der Waals surface area contributed by atoms with Crippen molar-refractivity contribution >= 4 is 16.9 Å². The summed E-state index contributed by atoms with van der Waals surface area (Å²) in [7, 11) is 0. The van der Waals surface area contributed by atoms with Crippen LogP contribution < -0.4 is 5.63 Å². The Morgan fingerprint density at radius 1 is 1.28 bits per heavy atom. The second kappa shape index (κ2) is 4.40. The average molecular weight is 250 g/mol.